The molecule has 0 spiro atoms. The quantitative estimate of drug-likeness (QED) is 0.322. The second-order valence-electron chi connectivity index (χ2n) is 10.6. The number of fused-ring (bicyclic) bond motifs is 1. The van der Waals surface area contributed by atoms with Crippen LogP contribution in [0.1, 0.15) is 80.3 Å². The molecule has 0 aliphatic carbocycles. The smallest absolute Gasteiger partial charge is 0.202 e. The summed E-state index contributed by atoms with van der Waals surface area (Å²) in [7, 11) is 2.97. The summed E-state index contributed by atoms with van der Waals surface area (Å²) in [5, 5.41) is 33.3. The lowest BCUT2D eigenvalue weighted by atomic mass is 9.84. The first-order valence-electron chi connectivity index (χ1n) is 13.0. The molecule has 7 nitrogen and oxygen atoms in total. The first-order valence-corrected chi connectivity index (χ1v) is 13.0. The minimum atomic E-state index is -1.61. The minimum absolute atomic E-state index is 0.0711. The molecule has 7 heteroatoms. The molecular formula is C32H40O7. The van der Waals surface area contributed by atoms with Crippen LogP contribution >= 0.6 is 0 Å². The van der Waals surface area contributed by atoms with Gasteiger partial charge in [-0.1, -0.05) is 34.9 Å². The molecule has 0 bridgehead atoms. The summed E-state index contributed by atoms with van der Waals surface area (Å²) in [5.41, 5.74) is 5.48. The molecule has 1 aliphatic heterocycles. The maximum Gasteiger partial charge on any atom is 0.202 e. The number of carbonyl (C=O) groups excluding carboxylic acids is 1. The number of aromatic hydroxyl groups is 2. The number of aliphatic hydroxyl groups is 1. The lowest BCUT2D eigenvalue weighted by molar-refractivity contribution is 0.0200. The molecule has 0 fully saturated rings. The number of ketones is 1. The zero-order valence-corrected chi connectivity index (χ0v) is 24.1. The summed E-state index contributed by atoms with van der Waals surface area (Å²) < 4.78 is 17.5. The Labute approximate surface area is 231 Å². The maximum atomic E-state index is 13.6. The molecule has 3 rings (SSSR count). The van der Waals surface area contributed by atoms with Crippen molar-refractivity contribution < 1.29 is 34.3 Å². The number of Topliss-reactive ketones (excluding diaryl/α,β-unsaturated/α-hetero) is 1. The van der Waals surface area contributed by atoms with E-state index in [4.69, 9.17) is 14.2 Å². The van der Waals surface area contributed by atoms with Gasteiger partial charge in [0.25, 0.3) is 0 Å². The van der Waals surface area contributed by atoms with Crippen molar-refractivity contribution in [3.63, 3.8) is 0 Å². The van der Waals surface area contributed by atoms with Crippen LogP contribution in [0.3, 0.4) is 0 Å². The Morgan fingerprint density at radius 1 is 0.846 bits per heavy atom. The summed E-state index contributed by atoms with van der Waals surface area (Å²) in [5.74, 6) is -0.208. The number of phenols is 2. The Morgan fingerprint density at radius 2 is 1.38 bits per heavy atom. The number of methoxy groups -OCH3 is 2. The topological polar surface area (TPSA) is 105 Å². The van der Waals surface area contributed by atoms with Crippen LogP contribution in [0.25, 0.3) is 0 Å². The fourth-order valence-corrected chi connectivity index (χ4v) is 4.69. The van der Waals surface area contributed by atoms with Crippen molar-refractivity contribution in [2.75, 3.05) is 14.2 Å². The van der Waals surface area contributed by atoms with E-state index in [2.05, 4.69) is 0 Å². The Hall–Kier alpha value is -3.71. The third-order valence-corrected chi connectivity index (χ3v) is 6.75. The van der Waals surface area contributed by atoms with Gasteiger partial charge >= 0.3 is 0 Å². The Balaban J connectivity index is 2.35. The van der Waals surface area contributed by atoms with Crippen LogP contribution in [0.2, 0.25) is 0 Å². The molecule has 2 aromatic rings. The van der Waals surface area contributed by atoms with Crippen LogP contribution in [0.15, 0.2) is 47.1 Å². The maximum absolute atomic E-state index is 13.6. The Kier molecular flexibility index (Phi) is 9.51. The van der Waals surface area contributed by atoms with Crippen molar-refractivity contribution in [1.82, 2.24) is 0 Å². The summed E-state index contributed by atoms with van der Waals surface area (Å²) in [6, 6.07) is 3.10. The van der Waals surface area contributed by atoms with Crippen molar-refractivity contribution in [3.8, 4) is 28.7 Å². The monoisotopic (exact) mass is 536 g/mol. The highest BCUT2D eigenvalue weighted by molar-refractivity contribution is 6.06. The van der Waals surface area contributed by atoms with Crippen molar-refractivity contribution in [2.45, 2.75) is 73.0 Å². The molecule has 0 radical (unpaired) electrons. The Bertz CT molecular complexity index is 1340. The number of allylic oxidation sites excluding steroid dienone is 6. The molecule has 0 saturated heterocycles. The second-order valence-corrected chi connectivity index (χ2v) is 10.6. The molecule has 1 aliphatic rings. The highest BCUT2D eigenvalue weighted by atomic mass is 16.5. The van der Waals surface area contributed by atoms with Crippen LogP contribution < -0.4 is 14.2 Å². The first kappa shape index (κ1) is 29.8. The van der Waals surface area contributed by atoms with Crippen LogP contribution in [0.4, 0.5) is 0 Å². The highest BCUT2D eigenvalue weighted by Crippen LogP contribution is 2.49. The molecule has 3 N–H and O–H groups in total. The predicted octanol–water partition coefficient (Wildman–Crippen LogP) is 6.32. The van der Waals surface area contributed by atoms with E-state index in [9.17, 15) is 20.1 Å². The van der Waals surface area contributed by atoms with E-state index in [1.807, 2.05) is 59.8 Å². The van der Waals surface area contributed by atoms with E-state index in [0.29, 0.717) is 47.5 Å². The second kappa shape index (κ2) is 12.4. The SMILES string of the molecule is COc1cc(CC=C(C)C)c(C2Oc3c(CC=C(C)C)c(OC)cc(O)c3C(=O)C2O)c(CC=C(C)C)c1O. The number of aliphatic hydroxyl groups excluding tert-OH is 1. The summed E-state index contributed by atoms with van der Waals surface area (Å²) in [6.07, 6.45) is 4.41. The van der Waals surface area contributed by atoms with Crippen LogP contribution in [-0.4, -0.2) is 41.4 Å². The van der Waals surface area contributed by atoms with E-state index in [1.165, 1.54) is 20.3 Å². The van der Waals surface area contributed by atoms with Gasteiger partial charge in [-0.15, -0.1) is 0 Å². The van der Waals surface area contributed by atoms with Gasteiger partial charge < -0.3 is 29.5 Å². The molecule has 210 valence electrons. The molecule has 2 aromatic carbocycles. The van der Waals surface area contributed by atoms with Crippen molar-refractivity contribution in [2.24, 2.45) is 0 Å². The van der Waals surface area contributed by atoms with Gasteiger partial charge in [0.2, 0.25) is 5.78 Å². The number of benzene rings is 2. The van der Waals surface area contributed by atoms with Gasteiger partial charge in [0, 0.05) is 22.8 Å². The molecule has 2 unspecified atom stereocenters. The fourth-order valence-electron chi connectivity index (χ4n) is 4.69. The van der Waals surface area contributed by atoms with E-state index in [1.54, 1.807) is 6.07 Å². The molecule has 0 saturated carbocycles. The van der Waals surface area contributed by atoms with Gasteiger partial charge in [0.1, 0.15) is 22.8 Å². The van der Waals surface area contributed by atoms with Crippen LogP contribution in [0.5, 0.6) is 28.7 Å². The van der Waals surface area contributed by atoms with E-state index >= 15 is 0 Å². The van der Waals surface area contributed by atoms with Crippen molar-refractivity contribution in [1.29, 1.82) is 0 Å². The van der Waals surface area contributed by atoms with Gasteiger partial charge in [0.15, 0.2) is 23.7 Å². The zero-order valence-electron chi connectivity index (χ0n) is 24.1. The third kappa shape index (κ3) is 6.31. The number of rotatable bonds is 9. The number of hydrogen-bond acceptors (Lipinski definition) is 7. The number of phenolic OH excluding ortho intramolecular Hbond substituents is 2. The van der Waals surface area contributed by atoms with Gasteiger partial charge in [-0.2, -0.15) is 0 Å². The highest BCUT2D eigenvalue weighted by Gasteiger charge is 2.43. The molecule has 0 aromatic heterocycles. The zero-order chi connectivity index (χ0) is 29.0. The molecule has 1 heterocycles. The molecule has 0 amide bonds. The minimum Gasteiger partial charge on any atom is -0.507 e. The largest absolute Gasteiger partial charge is 0.507 e. The summed E-state index contributed by atoms with van der Waals surface area (Å²) in [6.45, 7) is 11.8. The van der Waals surface area contributed by atoms with E-state index in [-0.39, 0.29) is 22.8 Å². The van der Waals surface area contributed by atoms with E-state index in [0.717, 1.165) is 22.3 Å². The average Bonchev–Trinajstić information content (AvgIpc) is 2.87. The summed E-state index contributed by atoms with van der Waals surface area (Å²) in [4.78, 5) is 13.6. The third-order valence-electron chi connectivity index (χ3n) is 6.75. The average molecular weight is 537 g/mol. The molecule has 2 atom stereocenters. The first-order chi connectivity index (χ1) is 18.4. The van der Waals surface area contributed by atoms with Crippen molar-refractivity contribution in [3.05, 3.63) is 74.9 Å². The number of hydrogen-bond donors (Lipinski definition) is 3. The normalized spacial score (nSPS) is 16.1. The predicted molar refractivity (Wildman–Crippen MR) is 152 cm³/mol. The lowest BCUT2D eigenvalue weighted by Gasteiger charge is -2.34. The van der Waals surface area contributed by atoms with Crippen molar-refractivity contribution >= 4 is 5.78 Å². The van der Waals surface area contributed by atoms with Gasteiger partial charge in [-0.25, -0.2) is 0 Å². The number of ether oxygens (including phenoxy) is 3. The van der Waals surface area contributed by atoms with Gasteiger partial charge in [0.05, 0.1) is 14.2 Å². The van der Waals surface area contributed by atoms with Crippen LogP contribution in [-0.2, 0) is 19.3 Å². The van der Waals surface area contributed by atoms with E-state index < -0.39 is 18.0 Å². The van der Waals surface area contributed by atoms with Crippen LogP contribution in [0, 0.1) is 0 Å². The van der Waals surface area contributed by atoms with Gasteiger partial charge in [-0.3, -0.25) is 4.79 Å². The number of carbonyl (C=O) groups is 1. The fraction of sp³-hybridized carbons (Fsp3) is 0.406. The lowest BCUT2D eigenvalue weighted by Crippen LogP contribution is -2.38. The van der Waals surface area contributed by atoms with Gasteiger partial charge in [-0.05, 0) is 72.4 Å². The molecular weight excluding hydrogens is 496 g/mol. The summed E-state index contributed by atoms with van der Waals surface area (Å²) >= 11 is 0. The standard InChI is InChI=1S/C32H40O7/c1-17(2)9-12-20-15-25(38-8)28(34)22(14-11-19(5)6)26(20)32-30(36)29(35)27-23(33)16-24(37-7)21(31(27)39-32)13-10-18(3)4/h9-11,15-16,30,32-34,36H,12-14H2,1-8H3. The Morgan fingerprint density at radius 3 is 1.92 bits per heavy atom. The molecule has 39 heavy (non-hydrogen) atoms.